The van der Waals surface area contributed by atoms with E-state index >= 15 is 0 Å². The number of rotatable bonds is 1. The van der Waals surface area contributed by atoms with Gasteiger partial charge in [-0.25, -0.2) is 4.79 Å². The Bertz CT molecular complexity index is 606. The Hall–Kier alpha value is -2.03. The standard InChI is InChI=1S/C15H17NO2/c1-15(2,3)18-14(17)13-8-9-16-10-11-6-4-5-7-12(11)13/h4-10,16H,1-3H3. The third kappa shape index (κ3) is 2.80. The van der Waals surface area contributed by atoms with Gasteiger partial charge in [-0.1, -0.05) is 24.3 Å². The number of hydrogen-bond acceptors (Lipinski definition) is 3. The Morgan fingerprint density at radius 1 is 1.22 bits per heavy atom. The minimum atomic E-state index is -0.490. The average molecular weight is 243 g/mol. The number of benzene rings is 1. The molecule has 94 valence electrons. The summed E-state index contributed by atoms with van der Waals surface area (Å²) in [6, 6.07) is 7.73. The van der Waals surface area contributed by atoms with E-state index in [0.717, 1.165) is 10.4 Å². The molecule has 0 radical (unpaired) electrons. The Labute approximate surface area is 106 Å². The molecule has 0 aliphatic carbocycles. The van der Waals surface area contributed by atoms with Crippen molar-refractivity contribution in [2.45, 2.75) is 26.4 Å². The molecule has 0 fully saturated rings. The molecular formula is C15H17NO2. The molecule has 18 heavy (non-hydrogen) atoms. The van der Waals surface area contributed by atoms with Crippen molar-refractivity contribution >= 4 is 17.7 Å². The molecule has 1 aromatic rings. The monoisotopic (exact) mass is 243 g/mol. The van der Waals surface area contributed by atoms with Crippen molar-refractivity contribution < 1.29 is 9.53 Å². The lowest BCUT2D eigenvalue weighted by molar-refractivity contribution is -0.147. The molecule has 1 aliphatic heterocycles. The van der Waals surface area contributed by atoms with Crippen LogP contribution in [0.4, 0.5) is 0 Å². The summed E-state index contributed by atoms with van der Waals surface area (Å²) in [4.78, 5) is 12.2. The fourth-order valence-electron chi connectivity index (χ4n) is 1.74. The van der Waals surface area contributed by atoms with Crippen LogP contribution in [0.3, 0.4) is 0 Å². The Morgan fingerprint density at radius 3 is 2.67 bits per heavy atom. The molecule has 0 spiro atoms. The summed E-state index contributed by atoms with van der Waals surface area (Å²) in [6.07, 6.45) is 5.35. The molecule has 0 atom stereocenters. The molecule has 0 bridgehead atoms. The van der Waals surface area contributed by atoms with E-state index in [9.17, 15) is 4.79 Å². The lowest BCUT2D eigenvalue weighted by Gasteiger charge is -2.19. The molecule has 0 saturated heterocycles. The Morgan fingerprint density at radius 2 is 1.94 bits per heavy atom. The molecule has 1 heterocycles. The highest BCUT2D eigenvalue weighted by atomic mass is 16.6. The molecule has 3 nitrogen and oxygen atoms in total. The summed E-state index contributed by atoms with van der Waals surface area (Å²) in [5.41, 5.74) is 0.0813. The van der Waals surface area contributed by atoms with Crippen LogP contribution in [0.2, 0.25) is 0 Å². The summed E-state index contributed by atoms with van der Waals surface area (Å²) in [7, 11) is 0. The molecule has 1 aromatic carbocycles. The summed E-state index contributed by atoms with van der Waals surface area (Å²) in [6.45, 7) is 5.59. The second-order valence-corrected chi connectivity index (χ2v) is 5.15. The smallest absolute Gasteiger partial charge is 0.339 e. The maximum atomic E-state index is 12.2. The van der Waals surface area contributed by atoms with Crippen LogP contribution in [0.15, 0.2) is 36.5 Å². The first-order valence-electron chi connectivity index (χ1n) is 5.93. The molecule has 0 aromatic heterocycles. The molecule has 1 N–H and O–H groups in total. The van der Waals surface area contributed by atoms with E-state index in [1.807, 2.05) is 51.2 Å². The summed E-state index contributed by atoms with van der Waals surface area (Å²) in [5, 5.41) is 4.87. The summed E-state index contributed by atoms with van der Waals surface area (Å²) >= 11 is 0. The van der Waals surface area contributed by atoms with Gasteiger partial charge in [-0.2, -0.15) is 0 Å². The maximum Gasteiger partial charge on any atom is 0.339 e. The quantitative estimate of drug-likeness (QED) is 0.749. The molecule has 0 amide bonds. The van der Waals surface area contributed by atoms with Crippen LogP contribution < -0.4 is 15.8 Å². The van der Waals surface area contributed by atoms with Gasteiger partial charge in [-0.15, -0.1) is 0 Å². The van der Waals surface area contributed by atoms with E-state index in [1.54, 1.807) is 12.3 Å². The van der Waals surface area contributed by atoms with Crippen LogP contribution >= 0.6 is 0 Å². The molecule has 3 heteroatoms. The normalized spacial score (nSPS) is 14.1. The molecule has 0 saturated carbocycles. The van der Waals surface area contributed by atoms with Gasteiger partial charge in [0.15, 0.2) is 0 Å². The Balaban J connectivity index is 2.55. The van der Waals surface area contributed by atoms with Gasteiger partial charge in [0.1, 0.15) is 5.60 Å². The zero-order chi connectivity index (χ0) is 13.2. The first-order valence-corrected chi connectivity index (χ1v) is 5.93. The number of ether oxygens (including phenoxy) is 1. The van der Waals surface area contributed by atoms with Crippen LogP contribution in [0.25, 0.3) is 11.8 Å². The number of nitrogens with one attached hydrogen (secondary N) is 1. The maximum absolute atomic E-state index is 12.2. The predicted octanol–water partition coefficient (Wildman–Crippen LogP) is 1.03. The van der Waals surface area contributed by atoms with E-state index in [0.29, 0.717) is 5.57 Å². The molecule has 1 aliphatic rings. The first kappa shape index (κ1) is 12.4. The van der Waals surface area contributed by atoms with Gasteiger partial charge in [-0.05, 0) is 37.3 Å². The van der Waals surface area contributed by atoms with Crippen molar-refractivity contribution in [2.24, 2.45) is 0 Å². The zero-order valence-corrected chi connectivity index (χ0v) is 10.9. The van der Waals surface area contributed by atoms with E-state index in [2.05, 4.69) is 5.32 Å². The second-order valence-electron chi connectivity index (χ2n) is 5.15. The highest BCUT2D eigenvalue weighted by molar-refractivity contribution is 6.14. The third-order valence-electron chi connectivity index (χ3n) is 2.45. The van der Waals surface area contributed by atoms with Gasteiger partial charge < -0.3 is 10.1 Å². The van der Waals surface area contributed by atoms with Gasteiger partial charge >= 0.3 is 5.97 Å². The minimum Gasteiger partial charge on any atom is -0.456 e. The van der Waals surface area contributed by atoms with Crippen LogP contribution in [0, 0.1) is 0 Å². The zero-order valence-electron chi connectivity index (χ0n) is 10.9. The van der Waals surface area contributed by atoms with E-state index in [-0.39, 0.29) is 5.97 Å². The molecule has 0 unspecified atom stereocenters. The number of carbonyl (C=O) groups excluding carboxylic acids is 1. The highest BCUT2D eigenvalue weighted by Crippen LogP contribution is 2.11. The number of fused-ring (bicyclic) bond motifs is 1. The first-order chi connectivity index (χ1) is 8.47. The van der Waals surface area contributed by atoms with E-state index in [1.165, 1.54) is 0 Å². The lowest BCUT2D eigenvalue weighted by Crippen LogP contribution is -2.32. The fraction of sp³-hybridized carbons (Fsp3) is 0.267. The van der Waals surface area contributed by atoms with Gasteiger partial charge in [0, 0.05) is 12.4 Å². The van der Waals surface area contributed by atoms with Crippen molar-refractivity contribution in [1.29, 1.82) is 0 Å². The van der Waals surface area contributed by atoms with Gasteiger partial charge in [0.05, 0.1) is 5.57 Å². The van der Waals surface area contributed by atoms with Crippen molar-refractivity contribution in [3.8, 4) is 0 Å². The van der Waals surface area contributed by atoms with Crippen LogP contribution in [0.5, 0.6) is 0 Å². The summed E-state index contributed by atoms with van der Waals surface area (Å²) in [5.74, 6) is -0.302. The second kappa shape index (κ2) is 4.69. The van der Waals surface area contributed by atoms with Crippen LogP contribution in [-0.4, -0.2) is 11.6 Å². The van der Waals surface area contributed by atoms with Crippen molar-refractivity contribution in [3.05, 3.63) is 47.0 Å². The minimum absolute atomic E-state index is 0.302. The molecular weight excluding hydrogens is 226 g/mol. The largest absolute Gasteiger partial charge is 0.456 e. The van der Waals surface area contributed by atoms with Crippen molar-refractivity contribution in [1.82, 2.24) is 5.32 Å². The summed E-state index contributed by atoms with van der Waals surface area (Å²) < 4.78 is 5.42. The van der Waals surface area contributed by atoms with Crippen LogP contribution in [-0.2, 0) is 9.53 Å². The van der Waals surface area contributed by atoms with Gasteiger partial charge in [0.25, 0.3) is 0 Å². The number of esters is 1. The van der Waals surface area contributed by atoms with Crippen molar-refractivity contribution in [3.63, 3.8) is 0 Å². The number of hydrogen-bond donors (Lipinski definition) is 1. The predicted molar refractivity (Wildman–Crippen MR) is 71.7 cm³/mol. The fourth-order valence-corrected chi connectivity index (χ4v) is 1.74. The third-order valence-corrected chi connectivity index (χ3v) is 2.45. The van der Waals surface area contributed by atoms with Crippen molar-refractivity contribution in [2.75, 3.05) is 0 Å². The lowest BCUT2D eigenvalue weighted by atomic mass is 10.1. The van der Waals surface area contributed by atoms with E-state index < -0.39 is 5.60 Å². The highest BCUT2D eigenvalue weighted by Gasteiger charge is 2.19. The topological polar surface area (TPSA) is 38.3 Å². The SMILES string of the molecule is CC(C)(C)OC(=O)C1=c2ccccc2=CNC=C1. The van der Waals surface area contributed by atoms with Gasteiger partial charge in [0.2, 0.25) is 0 Å². The van der Waals surface area contributed by atoms with E-state index in [4.69, 9.17) is 4.74 Å². The van der Waals surface area contributed by atoms with Crippen LogP contribution in [0.1, 0.15) is 20.8 Å². The average Bonchev–Trinajstić information content (AvgIpc) is 2.48. The van der Waals surface area contributed by atoms with Gasteiger partial charge in [-0.3, -0.25) is 0 Å². The Kier molecular flexibility index (Phi) is 3.24. The molecule has 2 rings (SSSR count). The number of carbonyl (C=O) groups is 1.